The summed E-state index contributed by atoms with van der Waals surface area (Å²) in [6.45, 7) is 5.80. The Morgan fingerprint density at radius 3 is 1.45 bits per heavy atom. The second-order valence-corrected chi connectivity index (χ2v) is 2.65. The van der Waals surface area contributed by atoms with Crippen LogP contribution in [0.2, 0.25) is 0 Å². The average molecular weight is 181 g/mol. The van der Waals surface area contributed by atoms with Crippen LogP contribution in [0.3, 0.4) is 0 Å². The van der Waals surface area contributed by atoms with Crippen LogP contribution >= 0.6 is 12.4 Å². The highest BCUT2D eigenvalue weighted by molar-refractivity contribution is 5.85. The molecule has 0 saturated carbocycles. The molecule has 0 rings (SSSR count). The first-order valence-electron chi connectivity index (χ1n) is 3.86. The Kier molecular flexibility index (Phi) is 6.58. The molecule has 0 heterocycles. The van der Waals surface area contributed by atoms with Crippen LogP contribution in [0.15, 0.2) is 0 Å². The molecule has 68 valence electrons. The molecule has 11 heavy (non-hydrogen) atoms. The van der Waals surface area contributed by atoms with Gasteiger partial charge >= 0.3 is 5.97 Å². The third kappa shape index (κ3) is 2.70. The van der Waals surface area contributed by atoms with Crippen molar-refractivity contribution in [1.29, 1.82) is 0 Å². The Morgan fingerprint density at radius 1 is 1.18 bits per heavy atom. The van der Waals surface area contributed by atoms with E-state index >= 15 is 0 Å². The van der Waals surface area contributed by atoms with Crippen LogP contribution in [0.4, 0.5) is 0 Å². The minimum Gasteiger partial charge on any atom is -0.481 e. The summed E-state index contributed by atoms with van der Waals surface area (Å²) in [4.78, 5) is 10.7. The zero-order chi connectivity index (χ0) is 8.20. The molecule has 3 heteroatoms. The number of hydrogen-bond donors (Lipinski definition) is 1. The molecular formula is C8H17ClO2. The molecule has 0 aliphatic carbocycles. The molecule has 0 saturated heterocycles. The SMILES string of the molecule is CCC(CC)(CC)C(=O)O.Cl. The number of hydrogen-bond acceptors (Lipinski definition) is 1. The van der Waals surface area contributed by atoms with Crippen molar-refractivity contribution in [2.24, 2.45) is 5.41 Å². The minimum atomic E-state index is -0.653. The van der Waals surface area contributed by atoms with Gasteiger partial charge in [0.25, 0.3) is 0 Å². The van der Waals surface area contributed by atoms with E-state index in [4.69, 9.17) is 5.11 Å². The molecule has 1 N–H and O–H groups in total. The van der Waals surface area contributed by atoms with Gasteiger partial charge < -0.3 is 5.11 Å². The molecule has 0 amide bonds. The highest BCUT2D eigenvalue weighted by atomic mass is 35.5. The van der Waals surface area contributed by atoms with Gasteiger partial charge in [0.2, 0.25) is 0 Å². The summed E-state index contributed by atoms with van der Waals surface area (Å²) >= 11 is 0. The average Bonchev–Trinajstić information content (AvgIpc) is 1.92. The standard InChI is InChI=1S/C8H16O2.ClH/c1-4-8(5-2,6-3)7(9)10;/h4-6H2,1-3H3,(H,9,10);1H. The van der Waals surface area contributed by atoms with E-state index in [1.54, 1.807) is 0 Å². The van der Waals surface area contributed by atoms with Gasteiger partial charge in [-0.3, -0.25) is 4.79 Å². The predicted molar refractivity (Wildman–Crippen MR) is 48.2 cm³/mol. The Bertz CT molecular complexity index is 111. The molecular weight excluding hydrogens is 164 g/mol. The van der Waals surface area contributed by atoms with Crippen LogP contribution in [0.1, 0.15) is 40.0 Å². The van der Waals surface area contributed by atoms with Gasteiger partial charge in [0, 0.05) is 0 Å². The third-order valence-electron chi connectivity index (χ3n) is 2.48. The van der Waals surface area contributed by atoms with Gasteiger partial charge in [-0.25, -0.2) is 0 Å². The second kappa shape index (κ2) is 5.42. The molecule has 0 aromatic carbocycles. The maximum absolute atomic E-state index is 10.7. The predicted octanol–water partition coefficient (Wildman–Crippen LogP) is 2.71. The summed E-state index contributed by atoms with van der Waals surface area (Å²) in [6, 6.07) is 0. The highest BCUT2D eigenvalue weighted by Crippen LogP contribution is 2.30. The Hall–Kier alpha value is -0.240. The monoisotopic (exact) mass is 180 g/mol. The number of carbonyl (C=O) groups is 1. The highest BCUT2D eigenvalue weighted by Gasteiger charge is 2.32. The Balaban J connectivity index is 0. The van der Waals surface area contributed by atoms with E-state index in [9.17, 15) is 4.79 Å². The van der Waals surface area contributed by atoms with E-state index in [2.05, 4.69) is 0 Å². The van der Waals surface area contributed by atoms with Gasteiger partial charge in [0.05, 0.1) is 5.41 Å². The van der Waals surface area contributed by atoms with Gasteiger partial charge in [-0.1, -0.05) is 20.8 Å². The lowest BCUT2D eigenvalue weighted by molar-refractivity contribution is -0.149. The molecule has 0 fully saturated rings. The summed E-state index contributed by atoms with van der Waals surface area (Å²) < 4.78 is 0. The molecule has 0 aromatic heterocycles. The molecule has 0 unspecified atom stereocenters. The molecule has 0 spiro atoms. The number of carboxylic acids is 1. The summed E-state index contributed by atoms with van der Waals surface area (Å²) in [7, 11) is 0. The third-order valence-corrected chi connectivity index (χ3v) is 2.48. The van der Waals surface area contributed by atoms with Crippen molar-refractivity contribution in [1.82, 2.24) is 0 Å². The van der Waals surface area contributed by atoms with Gasteiger partial charge in [-0.15, -0.1) is 12.4 Å². The van der Waals surface area contributed by atoms with E-state index < -0.39 is 11.4 Å². The van der Waals surface area contributed by atoms with Crippen molar-refractivity contribution in [3.8, 4) is 0 Å². The van der Waals surface area contributed by atoms with Crippen LogP contribution < -0.4 is 0 Å². The molecule has 2 nitrogen and oxygen atoms in total. The van der Waals surface area contributed by atoms with Crippen molar-refractivity contribution in [3.05, 3.63) is 0 Å². The van der Waals surface area contributed by atoms with Crippen molar-refractivity contribution >= 4 is 18.4 Å². The van der Waals surface area contributed by atoms with Crippen molar-refractivity contribution in [2.75, 3.05) is 0 Å². The fourth-order valence-corrected chi connectivity index (χ4v) is 1.20. The van der Waals surface area contributed by atoms with Crippen LogP contribution in [0.5, 0.6) is 0 Å². The van der Waals surface area contributed by atoms with E-state index in [-0.39, 0.29) is 12.4 Å². The van der Waals surface area contributed by atoms with E-state index in [1.165, 1.54) is 0 Å². The number of carboxylic acid groups (broad SMARTS) is 1. The van der Waals surface area contributed by atoms with E-state index in [1.807, 2.05) is 20.8 Å². The zero-order valence-corrected chi connectivity index (χ0v) is 8.20. The topological polar surface area (TPSA) is 37.3 Å². The van der Waals surface area contributed by atoms with Crippen molar-refractivity contribution in [3.63, 3.8) is 0 Å². The lowest BCUT2D eigenvalue weighted by atomic mass is 9.80. The fourth-order valence-electron chi connectivity index (χ4n) is 1.20. The van der Waals surface area contributed by atoms with Crippen LogP contribution in [0.25, 0.3) is 0 Å². The smallest absolute Gasteiger partial charge is 0.309 e. The quantitative estimate of drug-likeness (QED) is 0.723. The number of halogens is 1. The summed E-state index contributed by atoms with van der Waals surface area (Å²) in [5, 5.41) is 8.82. The minimum absolute atomic E-state index is 0. The molecule has 0 atom stereocenters. The maximum atomic E-state index is 10.7. The van der Waals surface area contributed by atoms with Gasteiger partial charge in [0.15, 0.2) is 0 Å². The second-order valence-electron chi connectivity index (χ2n) is 2.65. The normalized spacial score (nSPS) is 10.5. The Labute approximate surface area is 74.4 Å². The first-order valence-corrected chi connectivity index (χ1v) is 3.86. The van der Waals surface area contributed by atoms with Gasteiger partial charge in [-0.2, -0.15) is 0 Å². The van der Waals surface area contributed by atoms with Crippen molar-refractivity contribution in [2.45, 2.75) is 40.0 Å². The molecule has 0 aliphatic heterocycles. The fraction of sp³-hybridized carbons (Fsp3) is 0.875. The number of aliphatic carboxylic acids is 1. The molecule has 0 radical (unpaired) electrons. The van der Waals surface area contributed by atoms with Crippen LogP contribution in [-0.2, 0) is 4.79 Å². The molecule has 0 aliphatic rings. The lowest BCUT2D eigenvalue weighted by Crippen LogP contribution is -2.28. The zero-order valence-electron chi connectivity index (χ0n) is 7.39. The first-order chi connectivity index (χ1) is 4.63. The number of rotatable bonds is 4. The first kappa shape index (κ1) is 13.4. The summed E-state index contributed by atoms with van der Waals surface area (Å²) in [5.41, 5.74) is -0.458. The summed E-state index contributed by atoms with van der Waals surface area (Å²) in [6.07, 6.45) is 2.19. The van der Waals surface area contributed by atoms with Gasteiger partial charge in [-0.05, 0) is 19.3 Å². The largest absolute Gasteiger partial charge is 0.481 e. The van der Waals surface area contributed by atoms with E-state index in [0.29, 0.717) is 0 Å². The van der Waals surface area contributed by atoms with E-state index in [0.717, 1.165) is 19.3 Å². The maximum Gasteiger partial charge on any atom is 0.309 e. The molecule has 0 aromatic rings. The van der Waals surface area contributed by atoms with Crippen LogP contribution in [-0.4, -0.2) is 11.1 Å². The Morgan fingerprint density at radius 2 is 1.45 bits per heavy atom. The molecule has 0 bridgehead atoms. The summed E-state index contributed by atoms with van der Waals surface area (Å²) in [5.74, 6) is -0.653. The van der Waals surface area contributed by atoms with Crippen molar-refractivity contribution < 1.29 is 9.90 Å². The van der Waals surface area contributed by atoms with Gasteiger partial charge in [0.1, 0.15) is 0 Å². The van der Waals surface area contributed by atoms with Crippen LogP contribution in [0, 0.1) is 5.41 Å². The lowest BCUT2D eigenvalue weighted by Gasteiger charge is -2.24.